The van der Waals surface area contributed by atoms with Gasteiger partial charge in [0.1, 0.15) is 0 Å². The minimum atomic E-state index is 0. The van der Waals surface area contributed by atoms with Gasteiger partial charge in [0.05, 0.1) is 0 Å². The van der Waals surface area contributed by atoms with E-state index in [0.29, 0.717) is 5.41 Å². The van der Waals surface area contributed by atoms with Crippen LogP contribution in [0.15, 0.2) is 12.1 Å². The van der Waals surface area contributed by atoms with Gasteiger partial charge in [-0.2, -0.15) is 9.90 Å². The standard InChI is InChI=1S/C24H38.H3P/c1-4-7-10-19-13-16-23(24(17-18-24)20-14-15-20)22(12-9-6-3)21(19)11-8-5-2;/h13,16,20H,4-12,14-15,17-18H2,1-3H3;1H3. The molecule has 0 saturated heterocycles. The van der Waals surface area contributed by atoms with Gasteiger partial charge in [0.25, 0.3) is 0 Å². The van der Waals surface area contributed by atoms with Gasteiger partial charge in [-0.05, 0) is 97.8 Å². The maximum atomic E-state index is 2.58. The average Bonchev–Trinajstić information content (AvgIpc) is 3.48. The van der Waals surface area contributed by atoms with Crippen LogP contribution in [0.1, 0.15) is 107 Å². The third-order valence-corrected chi connectivity index (χ3v) is 6.57. The van der Waals surface area contributed by atoms with E-state index in [1.54, 1.807) is 16.7 Å². The first-order chi connectivity index (χ1) is 11.8. The van der Waals surface area contributed by atoms with Crippen molar-refractivity contribution in [2.45, 2.75) is 110 Å². The molecule has 0 aromatic heterocycles. The molecule has 1 aromatic rings. The highest BCUT2D eigenvalue weighted by molar-refractivity contribution is 6.92. The van der Waals surface area contributed by atoms with Crippen molar-refractivity contribution in [2.75, 3.05) is 0 Å². The molecule has 3 rings (SSSR count). The molecule has 0 amide bonds. The van der Waals surface area contributed by atoms with Crippen LogP contribution in [0.2, 0.25) is 0 Å². The quantitative estimate of drug-likeness (QED) is 0.366. The first-order valence-corrected chi connectivity index (χ1v) is 10.9. The fourth-order valence-electron chi connectivity index (χ4n) is 4.78. The lowest BCUT2D eigenvalue weighted by molar-refractivity contribution is 0.584. The average molecular weight is 361 g/mol. The Hall–Kier alpha value is -0.350. The van der Waals surface area contributed by atoms with Crippen LogP contribution in [0.25, 0.3) is 0 Å². The predicted octanol–water partition coefficient (Wildman–Crippen LogP) is 7.21. The molecular formula is C24H41P. The van der Waals surface area contributed by atoms with Gasteiger partial charge in [0.15, 0.2) is 0 Å². The largest absolute Gasteiger partial charge is 0.153 e. The molecule has 25 heavy (non-hydrogen) atoms. The summed E-state index contributed by atoms with van der Waals surface area (Å²) in [7, 11) is 0. The molecule has 142 valence electrons. The Balaban J connectivity index is 0.00000225. The highest BCUT2D eigenvalue weighted by atomic mass is 31.0. The number of unbranched alkanes of at least 4 members (excludes halogenated alkanes) is 3. The Kier molecular flexibility index (Phi) is 8.00. The zero-order valence-corrected chi connectivity index (χ0v) is 18.5. The van der Waals surface area contributed by atoms with Crippen LogP contribution in [-0.4, -0.2) is 0 Å². The van der Waals surface area contributed by atoms with Crippen LogP contribution in [0, 0.1) is 5.92 Å². The summed E-state index contributed by atoms with van der Waals surface area (Å²) in [6.07, 6.45) is 17.9. The van der Waals surface area contributed by atoms with Crippen molar-refractivity contribution < 1.29 is 0 Å². The summed E-state index contributed by atoms with van der Waals surface area (Å²) in [6.45, 7) is 7.01. The topological polar surface area (TPSA) is 0 Å². The van der Waals surface area contributed by atoms with E-state index >= 15 is 0 Å². The van der Waals surface area contributed by atoms with Crippen molar-refractivity contribution in [1.82, 2.24) is 0 Å². The molecule has 2 aliphatic carbocycles. The predicted molar refractivity (Wildman–Crippen MR) is 117 cm³/mol. The molecule has 0 bridgehead atoms. The van der Waals surface area contributed by atoms with Gasteiger partial charge in [-0.25, -0.2) is 0 Å². The van der Waals surface area contributed by atoms with Gasteiger partial charge in [-0.1, -0.05) is 52.2 Å². The lowest BCUT2D eigenvalue weighted by Gasteiger charge is -2.25. The summed E-state index contributed by atoms with van der Waals surface area (Å²) in [4.78, 5) is 0. The van der Waals surface area contributed by atoms with Crippen molar-refractivity contribution in [2.24, 2.45) is 5.92 Å². The normalized spacial score (nSPS) is 18.0. The minimum Gasteiger partial charge on any atom is -0.153 e. The van der Waals surface area contributed by atoms with E-state index in [4.69, 9.17) is 0 Å². The zero-order chi connectivity index (χ0) is 17.0. The number of rotatable bonds is 11. The second-order valence-electron chi connectivity index (χ2n) is 8.47. The van der Waals surface area contributed by atoms with E-state index in [0.717, 1.165) is 5.92 Å². The molecule has 0 heterocycles. The van der Waals surface area contributed by atoms with Crippen molar-refractivity contribution in [1.29, 1.82) is 0 Å². The third-order valence-electron chi connectivity index (χ3n) is 6.57. The van der Waals surface area contributed by atoms with Gasteiger partial charge in [-0.3, -0.25) is 0 Å². The molecule has 2 aliphatic rings. The van der Waals surface area contributed by atoms with Crippen molar-refractivity contribution >= 4 is 9.90 Å². The SMILES string of the molecule is CCCCc1ccc(C2(C3CC3)CC2)c(CCCC)c1CCCC.P. The first-order valence-electron chi connectivity index (χ1n) is 10.9. The van der Waals surface area contributed by atoms with E-state index in [2.05, 4.69) is 32.9 Å². The Morgan fingerprint density at radius 3 is 1.88 bits per heavy atom. The highest BCUT2D eigenvalue weighted by Gasteiger charge is 2.55. The van der Waals surface area contributed by atoms with E-state index in [1.807, 2.05) is 5.56 Å². The fraction of sp³-hybridized carbons (Fsp3) is 0.750. The smallest absolute Gasteiger partial charge is 0.00153 e. The molecule has 0 N–H and O–H groups in total. The molecule has 1 unspecified atom stereocenters. The van der Waals surface area contributed by atoms with E-state index in [1.165, 1.54) is 83.5 Å². The van der Waals surface area contributed by atoms with Crippen LogP contribution in [-0.2, 0) is 24.7 Å². The van der Waals surface area contributed by atoms with Crippen LogP contribution in [0.4, 0.5) is 0 Å². The number of hydrogen-bond acceptors (Lipinski definition) is 0. The minimum absolute atomic E-state index is 0. The second kappa shape index (κ2) is 9.55. The van der Waals surface area contributed by atoms with Crippen LogP contribution >= 0.6 is 9.90 Å². The van der Waals surface area contributed by atoms with Crippen molar-refractivity contribution in [3.8, 4) is 0 Å². The molecule has 1 heteroatoms. The Labute approximate surface area is 160 Å². The van der Waals surface area contributed by atoms with E-state index in [-0.39, 0.29) is 9.90 Å². The lowest BCUT2D eigenvalue weighted by atomic mass is 9.80. The van der Waals surface area contributed by atoms with Crippen LogP contribution < -0.4 is 0 Å². The molecule has 1 atom stereocenters. The summed E-state index contributed by atoms with van der Waals surface area (Å²) in [5, 5.41) is 0. The Bertz CT molecular complexity index is 537. The van der Waals surface area contributed by atoms with Gasteiger partial charge in [0, 0.05) is 0 Å². The Morgan fingerprint density at radius 2 is 1.36 bits per heavy atom. The van der Waals surface area contributed by atoms with Crippen molar-refractivity contribution in [3.63, 3.8) is 0 Å². The van der Waals surface area contributed by atoms with Crippen LogP contribution in [0.3, 0.4) is 0 Å². The summed E-state index contributed by atoms with van der Waals surface area (Å²) in [5.74, 6) is 1.03. The van der Waals surface area contributed by atoms with Gasteiger partial charge >= 0.3 is 0 Å². The molecule has 0 aliphatic heterocycles. The lowest BCUT2D eigenvalue weighted by Crippen LogP contribution is -2.16. The van der Waals surface area contributed by atoms with Gasteiger partial charge < -0.3 is 0 Å². The van der Waals surface area contributed by atoms with Gasteiger partial charge in [-0.15, -0.1) is 0 Å². The van der Waals surface area contributed by atoms with Gasteiger partial charge in [0.2, 0.25) is 0 Å². The maximum Gasteiger partial charge on any atom is -0.00153 e. The molecule has 0 nitrogen and oxygen atoms in total. The Morgan fingerprint density at radius 1 is 0.800 bits per heavy atom. The fourth-order valence-corrected chi connectivity index (χ4v) is 4.78. The second-order valence-corrected chi connectivity index (χ2v) is 8.47. The number of aryl methyl sites for hydroxylation is 1. The number of benzene rings is 1. The van der Waals surface area contributed by atoms with Crippen LogP contribution in [0.5, 0.6) is 0 Å². The summed E-state index contributed by atoms with van der Waals surface area (Å²) < 4.78 is 0. The maximum absolute atomic E-state index is 2.58. The zero-order valence-electron chi connectivity index (χ0n) is 17.1. The molecule has 2 fully saturated rings. The monoisotopic (exact) mass is 360 g/mol. The number of hydrogen-bond donors (Lipinski definition) is 0. The molecule has 1 aromatic carbocycles. The van der Waals surface area contributed by atoms with Crippen molar-refractivity contribution in [3.05, 3.63) is 34.4 Å². The molecule has 0 spiro atoms. The summed E-state index contributed by atoms with van der Waals surface area (Å²) in [5.41, 5.74) is 7.69. The summed E-state index contributed by atoms with van der Waals surface area (Å²) >= 11 is 0. The molecule has 2 saturated carbocycles. The van der Waals surface area contributed by atoms with E-state index in [9.17, 15) is 0 Å². The molecule has 0 radical (unpaired) electrons. The molecular weight excluding hydrogens is 319 g/mol. The summed E-state index contributed by atoms with van der Waals surface area (Å²) in [6, 6.07) is 5.12. The third kappa shape index (κ3) is 4.68. The highest BCUT2D eigenvalue weighted by Crippen LogP contribution is 2.63. The first kappa shape index (κ1) is 21.0. The van der Waals surface area contributed by atoms with E-state index < -0.39 is 0 Å².